The fraction of sp³-hybridized carbons (Fsp3) is 0.381. The molecule has 5 nitrogen and oxygen atoms in total. The number of amides is 1. The summed E-state index contributed by atoms with van der Waals surface area (Å²) in [5.74, 6) is 1.50. The summed E-state index contributed by atoms with van der Waals surface area (Å²) in [7, 11) is 7.28. The standard InChI is InChI=1S/C21H28N2O3/c1-23(2)20(17-8-6-5-7-9-17)15-22-21(24)11-10-16-12-18(25-3)14-19(13-16)26-4/h5-9,12-14,20H,10-11,15H2,1-4H3,(H,22,24). The molecule has 2 rings (SSSR count). The van der Waals surface area contributed by atoms with Crippen molar-refractivity contribution in [2.45, 2.75) is 18.9 Å². The van der Waals surface area contributed by atoms with Crippen molar-refractivity contribution in [1.82, 2.24) is 10.2 Å². The molecule has 2 aromatic rings. The van der Waals surface area contributed by atoms with Gasteiger partial charge in [0.15, 0.2) is 0 Å². The van der Waals surface area contributed by atoms with Crippen molar-refractivity contribution < 1.29 is 14.3 Å². The fourth-order valence-electron chi connectivity index (χ4n) is 2.84. The van der Waals surface area contributed by atoms with Gasteiger partial charge in [-0.05, 0) is 43.8 Å². The second-order valence-corrected chi connectivity index (χ2v) is 6.42. The predicted octanol–water partition coefficient (Wildman–Crippen LogP) is 3.06. The lowest BCUT2D eigenvalue weighted by atomic mass is 10.1. The number of carbonyl (C=O) groups excluding carboxylic acids is 1. The highest BCUT2D eigenvalue weighted by molar-refractivity contribution is 5.76. The number of ether oxygens (including phenoxy) is 2. The van der Waals surface area contributed by atoms with E-state index in [1.807, 2.05) is 50.5 Å². The van der Waals surface area contributed by atoms with Crippen molar-refractivity contribution in [2.24, 2.45) is 0 Å². The Morgan fingerprint density at radius 2 is 1.65 bits per heavy atom. The van der Waals surface area contributed by atoms with Gasteiger partial charge in [-0.15, -0.1) is 0 Å². The van der Waals surface area contributed by atoms with Gasteiger partial charge in [-0.1, -0.05) is 30.3 Å². The van der Waals surface area contributed by atoms with Gasteiger partial charge in [0.2, 0.25) is 5.91 Å². The first-order valence-corrected chi connectivity index (χ1v) is 8.73. The number of likely N-dealkylation sites (N-methyl/N-ethyl adjacent to an activating group) is 1. The lowest BCUT2D eigenvalue weighted by molar-refractivity contribution is -0.121. The van der Waals surface area contributed by atoms with Crippen LogP contribution in [0.4, 0.5) is 0 Å². The minimum absolute atomic E-state index is 0.0366. The molecule has 1 unspecified atom stereocenters. The SMILES string of the molecule is COc1cc(CCC(=O)NCC(c2ccccc2)N(C)C)cc(OC)c1. The number of rotatable bonds is 9. The van der Waals surface area contributed by atoms with E-state index in [0.717, 1.165) is 17.1 Å². The van der Waals surface area contributed by atoms with Crippen LogP contribution in [0.25, 0.3) is 0 Å². The van der Waals surface area contributed by atoms with Crippen molar-refractivity contribution in [2.75, 3.05) is 34.9 Å². The maximum atomic E-state index is 12.3. The van der Waals surface area contributed by atoms with Gasteiger partial charge in [-0.2, -0.15) is 0 Å². The molecule has 0 saturated heterocycles. The van der Waals surface area contributed by atoms with Gasteiger partial charge >= 0.3 is 0 Å². The molecular formula is C21H28N2O3. The monoisotopic (exact) mass is 356 g/mol. The molecule has 0 aliphatic rings. The lowest BCUT2D eigenvalue weighted by Gasteiger charge is -2.25. The van der Waals surface area contributed by atoms with E-state index in [-0.39, 0.29) is 11.9 Å². The van der Waals surface area contributed by atoms with Crippen LogP contribution >= 0.6 is 0 Å². The molecule has 140 valence electrons. The van der Waals surface area contributed by atoms with E-state index < -0.39 is 0 Å². The van der Waals surface area contributed by atoms with Gasteiger partial charge in [0.05, 0.1) is 20.3 Å². The first-order chi connectivity index (χ1) is 12.5. The van der Waals surface area contributed by atoms with E-state index >= 15 is 0 Å². The summed E-state index contributed by atoms with van der Waals surface area (Å²) in [5, 5.41) is 3.05. The van der Waals surface area contributed by atoms with Crippen LogP contribution in [-0.2, 0) is 11.2 Å². The third kappa shape index (κ3) is 5.77. The number of hydrogen-bond donors (Lipinski definition) is 1. The highest BCUT2D eigenvalue weighted by Crippen LogP contribution is 2.23. The van der Waals surface area contributed by atoms with Crippen LogP contribution in [0.5, 0.6) is 11.5 Å². The molecule has 0 aliphatic carbocycles. The summed E-state index contributed by atoms with van der Waals surface area (Å²) in [6.45, 7) is 0.581. The number of nitrogens with one attached hydrogen (secondary N) is 1. The molecule has 5 heteroatoms. The maximum absolute atomic E-state index is 12.3. The van der Waals surface area contributed by atoms with Crippen LogP contribution in [0.1, 0.15) is 23.6 Å². The Balaban J connectivity index is 1.90. The van der Waals surface area contributed by atoms with E-state index in [0.29, 0.717) is 19.4 Å². The minimum Gasteiger partial charge on any atom is -0.497 e. The van der Waals surface area contributed by atoms with Gasteiger partial charge < -0.3 is 19.7 Å². The topological polar surface area (TPSA) is 50.8 Å². The molecule has 0 fully saturated rings. The zero-order valence-corrected chi connectivity index (χ0v) is 16.0. The Morgan fingerprint density at radius 1 is 1.04 bits per heavy atom. The van der Waals surface area contributed by atoms with Crippen molar-refractivity contribution >= 4 is 5.91 Å². The van der Waals surface area contributed by atoms with Crippen molar-refractivity contribution in [3.63, 3.8) is 0 Å². The van der Waals surface area contributed by atoms with Crippen LogP contribution < -0.4 is 14.8 Å². The maximum Gasteiger partial charge on any atom is 0.220 e. The number of nitrogens with zero attached hydrogens (tertiary/aromatic N) is 1. The Labute approximate surface area is 155 Å². The Hall–Kier alpha value is -2.53. The van der Waals surface area contributed by atoms with E-state index in [1.54, 1.807) is 14.2 Å². The second-order valence-electron chi connectivity index (χ2n) is 6.42. The third-order valence-electron chi connectivity index (χ3n) is 4.35. The Kier molecular flexibility index (Phi) is 7.48. The molecule has 0 saturated carbocycles. The highest BCUT2D eigenvalue weighted by Gasteiger charge is 2.15. The lowest BCUT2D eigenvalue weighted by Crippen LogP contribution is -2.34. The van der Waals surface area contributed by atoms with E-state index in [1.165, 1.54) is 5.56 Å². The van der Waals surface area contributed by atoms with Crippen LogP contribution in [0, 0.1) is 0 Å². The summed E-state index contributed by atoms with van der Waals surface area (Å²) in [5.41, 5.74) is 2.21. The largest absolute Gasteiger partial charge is 0.497 e. The second kappa shape index (κ2) is 9.82. The Bertz CT molecular complexity index is 679. The molecule has 26 heavy (non-hydrogen) atoms. The normalized spacial score (nSPS) is 11.9. The van der Waals surface area contributed by atoms with E-state index in [9.17, 15) is 4.79 Å². The van der Waals surface area contributed by atoms with Crippen LogP contribution in [0.15, 0.2) is 48.5 Å². The van der Waals surface area contributed by atoms with Crippen LogP contribution in [-0.4, -0.2) is 45.7 Å². The quantitative estimate of drug-likeness (QED) is 0.750. The zero-order chi connectivity index (χ0) is 18.9. The summed E-state index contributed by atoms with van der Waals surface area (Å²) in [4.78, 5) is 14.4. The molecular weight excluding hydrogens is 328 g/mol. The molecule has 0 aliphatic heterocycles. The number of hydrogen-bond acceptors (Lipinski definition) is 4. The van der Waals surface area contributed by atoms with Crippen LogP contribution in [0.3, 0.4) is 0 Å². The first-order valence-electron chi connectivity index (χ1n) is 8.73. The van der Waals surface area contributed by atoms with Crippen LogP contribution in [0.2, 0.25) is 0 Å². The molecule has 0 radical (unpaired) electrons. The summed E-state index contributed by atoms with van der Waals surface area (Å²) in [6, 6.07) is 16.0. The van der Waals surface area contributed by atoms with Crippen molar-refractivity contribution in [1.29, 1.82) is 0 Å². The van der Waals surface area contributed by atoms with Gasteiger partial charge in [-0.25, -0.2) is 0 Å². The first kappa shape index (κ1) is 19.8. The number of methoxy groups -OCH3 is 2. The smallest absolute Gasteiger partial charge is 0.220 e. The summed E-state index contributed by atoms with van der Waals surface area (Å²) in [6.07, 6.45) is 1.06. The average molecular weight is 356 g/mol. The highest BCUT2D eigenvalue weighted by atomic mass is 16.5. The van der Waals surface area contributed by atoms with Crippen molar-refractivity contribution in [3.8, 4) is 11.5 Å². The van der Waals surface area contributed by atoms with Gasteiger partial charge in [-0.3, -0.25) is 4.79 Å². The molecule has 0 bridgehead atoms. The Morgan fingerprint density at radius 3 is 2.19 bits per heavy atom. The van der Waals surface area contributed by atoms with Gasteiger partial charge in [0, 0.05) is 19.0 Å². The summed E-state index contributed by atoms with van der Waals surface area (Å²) >= 11 is 0. The number of carbonyl (C=O) groups is 1. The zero-order valence-electron chi connectivity index (χ0n) is 16.0. The van der Waals surface area contributed by atoms with Gasteiger partial charge in [0.25, 0.3) is 0 Å². The number of aryl methyl sites for hydroxylation is 1. The molecule has 1 amide bonds. The minimum atomic E-state index is 0.0366. The molecule has 1 atom stereocenters. The van der Waals surface area contributed by atoms with Gasteiger partial charge in [0.1, 0.15) is 11.5 Å². The van der Waals surface area contributed by atoms with E-state index in [2.05, 4.69) is 22.3 Å². The molecule has 0 aromatic heterocycles. The molecule has 0 heterocycles. The fourth-order valence-corrected chi connectivity index (χ4v) is 2.84. The predicted molar refractivity (Wildman–Crippen MR) is 104 cm³/mol. The average Bonchev–Trinajstić information content (AvgIpc) is 2.66. The molecule has 2 aromatic carbocycles. The number of benzene rings is 2. The third-order valence-corrected chi connectivity index (χ3v) is 4.35. The summed E-state index contributed by atoms with van der Waals surface area (Å²) < 4.78 is 10.5. The van der Waals surface area contributed by atoms with Crippen molar-refractivity contribution in [3.05, 3.63) is 59.7 Å². The molecule has 0 spiro atoms. The molecule has 1 N–H and O–H groups in total. The van der Waals surface area contributed by atoms with E-state index in [4.69, 9.17) is 9.47 Å².